The summed E-state index contributed by atoms with van der Waals surface area (Å²) < 4.78 is 0. The third-order valence-corrected chi connectivity index (χ3v) is 2.40. The molecule has 0 unspecified atom stereocenters. The number of rotatable bonds is 4. The SMILES string of the molecule is CC.CCCc1ccccc1N(C)CC. The van der Waals surface area contributed by atoms with Crippen LogP contribution >= 0.6 is 0 Å². The van der Waals surface area contributed by atoms with Crippen LogP contribution in [0.25, 0.3) is 0 Å². The monoisotopic (exact) mass is 207 g/mol. The highest BCUT2D eigenvalue weighted by atomic mass is 15.1. The van der Waals surface area contributed by atoms with Crippen LogP contribution in [0.1, 0.15) is 39.7 Å². The zero-order chi connectivity index (χ0) is 11.7. The molecule has 0 bridgehead atoms. The van der Waals surface area contributed by atoms with E-state index >= 15 is 0 Å². The smallest absolute Gasteiger partial charge is 0.0396 e. The van der Waals surface area contributed by atoms with Gasteiger partial charge in [0.2, 0.25) is 0 Å². The lowest BCUT2D eigenvalue weighted by atomic mass is 10.1. The minimum absolute atomic E-state index is 1.07. The van der Waals surface area contributed by atoms with E-state index in [2.05, 4.69) is 50.1 Å². The number of nitrogens with zero attached hydrogens (tertiary/aromatic N) is 1. The van der Waals surface area contributed by atoms with Gasteiger partial charge in [-0.1, -0.05) is 45.4 Å². The fraction of sp³-hybridized carbons (Fsp3) is 0.571. The Morgan fingerprint density at radius 1 is 1.07 bits per heavy atom. The molecular weight excluding hydrogens is 182 g/mol. The van der Waals surface area contributed by atoms with E-state index in [-0.39, 0.29) is 0 Å². The lowest BCUT2D eigenvalue weighted by Gasteiger charge is -2.20. The fourth-order valence-corrected chi connectivity index (χ4v) is 1.53. The van der Waals surface area contributed by atoms with Crippen molar-refractivity contribution in [2.24, 2.45) is 0 Å². The molecule has 1 aromatic rings. The Bertz CT molecular complexity index is 255. The summed E-state index contributed by atoms with van der Waals surface area (Å²) in [6.45, 7) is 9.48. The van der Waals surface area contributed by atoms with Crippen LogP contribution in [0.5, 0.6) is 0 Å². The van der Waals surface area contributed by atoms with Crippen LogP contribution in [0, 0.1) is 0 Å². The molecule has 0 radical (unpaired) electrons. The largest absolute Gasteiger partial charge is 0.375 e. The maximum absolute atomic E-state index is 2.30. The van der Waals surface area contributed by atoms with Crippen molar-refractivity contribution in [2.45, 2.75) is 40.5 Å². The zero-order valence-corrected chi connectivity index (χ0v) is 10.9. The number of anilines is 1. The summed E-state index contributed by atoms with van der Waals surface area (Å²) in [6.07, 6.45) is 2.40. The van der Waals surface area contributed by atoms with Gasteiger partial charge in [0, 0.05) is 19.3 Å². The first-order chi connectivity index (χ1) is 7.29. The van der Waals surface area contributed by atoms with Gasteiger partial charge in [-0.2, -0.15) is 0 Å². The Hall–Kier alpha value is -0.980. The van der Waals surface area contributed by atoms with E-state index in [1.54, 1.807) is 0 Å². The highest BCUT2D eigenvalue weighted by molar-refractivity contribution is 5.52. The molecule has 0 amide bonds. The molecule has 1 aromatic carbocycles. The third-order valence-electron chi connectivity index (χ3n) is 2.40. The van der Waals surface area contributed by atoms with Crippen molar-refractivity contribution < 1.29 is 0 Å². The van der Waals surface area contributed by atoms with Crippen LogP contribution < -0.4 is 4.90 Å². The molecule has 0 heterocycles. The molecule has 0 saturated heterocycles. The first-order valence-corrected chi connectivity index (χ1v) is 6.08. The quantitative estimate of drug-likeness (QED) is 0.718. The van der Waals surface area contributed by atoms with E-state index in [1.807, 2.05) is 13.8 Å². The zero-order valence-electron chi connectivity index (χ0n) is 10.9. The van der Waals surface area contributed by atoms with E-state index in [4.69, 9.17) is 0 Å². The first-order valence-electron chi connectivity index (χ1n) is 6.08. The molecule has 0 fully saturated rings. The predicted molar refractivity (Wildman–Crippen MR) is 70.7 cm³/mol. The lowest BCUT2D eigenvalue weighted by Crippen LogP contribution is -2.17. The van der Waals surface area contributed by atoms with Gasteiger partial charge in [0.15, 0.2) is 0 Å². The van der Waals surface area contributed by atoms with Gasteiger partial charge in [0.25, 0.3) is 0 Å². The molecule has 0 N–H and O–H groups in total. The van der Waals surface area contributed by atoms with Gasteiger partial charge in [-0.05, 0) is 25.0 Å². The number of benzene rings is 1. The number of hydrogen-bond donors (Lipinski definition) is 0. The molecular formula is C14H25N. The number of hydrogen-bond acceptors (Lipinski definition) is 1. The molecule has 1 nitrogen and oxygen atoms in total. The Morgan fingerprint density at radius 3 is 2.20 bits per heavy atom. The average molecular weight is 207 g/mol. The average Bonchev–Trinajstić information content (AvgIpc) is 2.32. The van der Waals surface area contributed by atoms with Crippen LogP contribution in [-0.2, 0) is 6.42 Å². The maximum Gasteiger partial charge on any atom is 0.0396 e. The third kappa shape index (κ3) is 4.37. The van der Waals surface area contributed by atoms with Crippen molar-refractivity contribution in [3.8, 4) is 0 Å². The molecule has 1 rings (SSSR count). The first kappa shape index (κ1) is 14.0. The summed E-state index contributed by atoms with van der Waals surface area (Å²) in [5.41, 5.74) is 2.85. The van der Waals surface area contributed by atoms with Gasteiger partial charge >= 0.3 is 0 Å². The molecule has 0 atom stereocenters. The maximum atomic E-state index is 2.30. The standard InChI is InChI=1S/C12H19N.C2H6/c1-4-8-11-9-6-7-10-12(11)13(3)5-2;1-2/h6-7,9-10H,4-5,8H2,1-3H3;1-2H3. The molecule has 0 aliphatic carbocycles. The second kappa shape index (κ2) is 8.34. The minimum Gasteiger partial charge on any atom is -0.375 e. The van der Waals surface area contributed by atoms with Crippen molar-refractivity contribution in [1.29, 1.82) is 0 Å². The molecule has 0 aromatic heterocycles. The van der Waals surface area contributed by atoms with Gasteiger partial charge in [-0.15, -0.1) is 0 Å². The summed E-state index contributed by atoms with van der Waals surface area (Å²) in [5.74, 6) is 0. The van der Waals surface area contributed by atoms with Gasteiger partial charge in [0.1, 0.15) is 0 Å². The molecule has 0 saturated carbocycles. The summed E-state index contributed by atoms with van der Waals surface area (Å²) >= 11 is 0. The summed E-state index contributed by atoms with van der Waals surface area (Å²) in [4.78, 5) is 2.30. The summed E-state index contributed by atoms with van der Waals surface area (Å²) in [5, 5.41) is 0. The van der Waals surface area contributed by atoms with E-state index in [1.165, 1.54) is 24.1 Å². The molecule has 1 heteroatoms. The van der Waals surface area contributed by atoms with E-state index in [0.29, 0.717) is 0 Å². The topological polar surface area (TPSA) is 3.24 Å². The van der Waals surface area contributed by atoms with Crippen molar-refractivity contribution in [1.82, 2.24) is 0 Å². The molecule has 0 spiro atoms. The van der Waals surface area contributed by atoms with E-state index in [0.717, 1.165) is 6.54 Å². The second-order valence-corrected chi connectivity index (χ2v) is 3.39. The van der Waals surface area contributed by atoms with E-state index < -0.39 is 0 Å². The van der Waals surface area contributed by atoms with Crippen molar-refractivity contribution >= 4 is 5.69 Å². The van der Waals surface area contributed by atoms with Crippen LogP contribution in [0.2, 0.25) is 0 Å². The molecule has 86 valence electrons. The Balaban J connectivity index is 0.000000921. The summed E-state index contributed by atoms with van der Waals surface area (Å²) in [7, 11) is 2.15. The molecule has 15 heavy (non-hydrogen) atoms. The highest BCUT2D eigenvalue weighted by Crippen LogP contribution is 2.19. The Kier molecular flexibility index (Phi) is 7.79. The van der Waals surface area contributed by atoms with Gasteiger partial charge in [-0.3, -0.25) is 0 Å². The van der Waals surface area contributed by atoms with E-state index in [9.17, 15) is 0 Å². The van der Waals surface area contributed by atoms with Crippen LogP contribution in [0.4, 0.5) is 5.69 Å². The van der Waals surface area contributed by atoms with Gasteiger partial charge < -0.3 is 4.90 Å². The van der Waals surface area contributed by atoms with Crippen molar-refractivity contribution in [2.75, 3.05) is 18.5 Å². The Labute approximate surface area is 95.1 Å². The molecule has 0 aliphatic rings. The number of aryl methyl sites for hydroxylation is 1. The van der Waals surface area contributed by atoms with Crippen LogP contribution in [-0.4, -0.2) is 13.6 Å². The van der Waals surface area contributed by atoms with Gasteiger partial charge in [0.05, 0.1) is 0 Å². The molecule has 0 aliphatic heterocycles. The van der Waals surface area contributed by atoms with Crippen molar-refractivity contribution in [3.05, 3.63) is 29.8 Å². The summed E-state index contributed by atoms with van der Waals surface area (Å²) in [6, 6.07) is 8.66. The van der Waals surface area contributed by atoms with Crippen molar-refractivity contribution in [3.63, 3.8) is 0 Å². The highest BCUT2D eigenvalue weighted by Gasteiger charge is 2.03. The lowest BCUT2D eigenvalue weighted by molar-refractivity contribution is 0.893. The van der Waals surface area contributed by atoms with Gasteiger partial charge in [-0.25, -0.2) is 0 Å². The second-order valence-electron chi connectivity index (χ2n) is 3.39. The predicted octanol–water partition coefficient (Wildman–Crippen LogP) is 4.12. The fourth-order valence-electron chi connectivity index (χ4n) is 1.53. The Morgan fingerprint density at radius 2 is 1.67 bits per heavy atom. The van der Waals surface area contributed by atoms with Crippen LogP contribution in [0.15, 0.2) is 24.3 Å². The normalized spacial score (nSPS) is 9.13. The number of para-hydroxylation sites is 1. The minimum atomic E-state index is 1.07. The van der Waals surface area contributed by atoms with Crippen LogP contribution in [0.3, 0.4) is 0 Å².